The molecular weight excluding hydrogens is 370 g/mol. The van der Waals surface area contributed by atoms with Gasteiger partial charge in [0.15, 0.2) is 0 Å². The molecule has 1 aromatic carbocycles. The van der Waals surface area contributed by atoms with Crippen molar-refractivity contribution in [3.05, 3.63) is 56.4 Å². The zero-order valence-electron chi connectivity index (χ0n) is 11.0. The molecule has 0 amide bonds. The molecule has 0 fully saturated rings. The van der Waals surface area contributed by atoms with Crippen LogP contribution in [0.1, 0.15) is 37.0 Å². The molecule has 0 saturated carbocycles. The van der Waals surface area contributed by atoms with Crippen molar-refractivity contribution in [1.29, 1.82) is 0 Å². The summed E-state index contributed by atoms with van der Waals surface area (Å²) < 4.78 is 8.04. The quantitative estimate of drug-likeness (QED) is 0.776. The van der Waals surface area contributed by atoms with Crippen LogP contribution in [0.15, 0.2) is 43.7 Å². The number of rotatable bonds is 5. The Bertz CT molecular complexity index is 551. The summed E-state index contributed by atoms with van der Waals surface area (Å²) in [5, 5.41) is 3.48. The van der Waals surface area contributed by atoms with Crippen molar-refractivity contribution < 1.29 is 4.42 Å². The number of nitrogens with one attached hydrogen (secondary N) is 1. The van der Waals surface area contributed by atoms with Gasteiger partial charge in [-0.05, 0) is 42.4 Å². The van der Waals surface area contributed by atoms with Crippen LogP contribution in [0, 0.1) is 0 Å². The number of furan rings is 1. The van der Waals surface area contributed by atoms with Crippen molar-refractivity contribution in [1.82, 2.24) is 5.32 Å². The Morgan fingerprint density at radius 1 is 1.16 bits per heavy atom. The molecule has 1 heterocycles. The fraction of sp³-hybridized carbons (Fsp3) is 0.333. The molecule has 19 heavy (non-hydrogen) atoms. The zero-order chi connectivity index (χ0) is 13.8. The van der Waals surface area contributed by atoms with Gasteiger partial charge in [0.25, 0.3) is 0 Å². The Morgan fingerprint density at radius 3 is 2.58 bits per heavy atom. The molecule has 0 saturated heterocycles. The van der Waals surface area contributed by atoms with Crippen molar-refractivity contribution >= 4 is 31.9 Å². The van der Waals surface area contributed by atoms with Crippen LogP contribution < -0.4 is 5.32 Å². The Morgan fingerprint density at radius 2 is 1.95 bits per heavy atom. The minimum atomic E-state index is 0.0668. The van der Waals surface area contributed by atoms with Crippen molar-refractivity contribution in [3.63, 3.8) is 0 Å². The smallest absolute Gasteiger partial charge is 0.125 e. The molecule has 2 rings (SSSR count). The predicted octanol–water partition coefficient (Wildman–Crippen LogP) is 5.07. The molecule has 102 valence electrons. The van der Waals surface area contributed by atoms with E-state index in [1.54, 1.807) is 0 Å². The van der Waals surface area contributed by atoms with Crippen LogP contribution in [0.2, 0.25) is 0 Å². The van der Waals surface area contributed by atoms with Gasteiger partial charge in [-0.25, -0.2) is 0 Å². The first-order valence-corrected chi connectivity index (χ1v) is 8.01. The van der Waals surface area contributed by atoms with Gasteiger partial charge in [-0.2, -0.15) is 0 Å². The van der Waals surface area contributed by atoms with Crippen LogP contribution in [0.5, 0.6) is 0 Å². The lowest BCUT2D eigenvalue weighted by atomic mass is 10.0. The van der Waals surface area contributed by atoms with Gasteiger partial charge >= 0.3 is 0 Å². The normalized spacial score (nSPS) is 12.6. The van der Waals surface area contributed by atoms with Crippen molar-refractivity contribution in [2.24, 2.45) is 0 Å². The molecule has 0 spiro atoms. The van der Waals surface area contributed by atoms with Gasteiger partial charge in [-0.15, -0.1) is 0 Å². The highest BCUT2D eigenvalue weighted by Gasteiger charge is 2.19. The van der Waals surface area contributed by atoms with Crippen LogP contribution in [-0.4, -0.2) is 6.54 Å². The van der Waals surface area contributed by atoms with E-state index in [1.807, 2.05) is 18.2 Å². The average molecular weight is 387 g/mol. The second-order valence-electron chi connectivity index (χ2n) is 4.31. The van der Waals surface area contributed by atoms with Crippen LogP contribution >= 0.6 is 31.9 Å². The summed E-state index contributed by atoms with van der Waals surface area (Å²) in [4.78, 5) is 0. The zero-order valence-corrected chi connectivity index (χ0v) is 14.2. The minimum Gasteiger partial charge on any atom is -0.464 e. The maximum Gasteiger partial charge on any atom is 0.125 e. The lowest BCUT2D eigenvalue weighted by Gasteiger charge is -2.18. The largest absolute Gasteiger partial charge is 0.464 e. The highest BCUT2D eigenvalue weighted by molar-refractivity contribution is 9.11. The average Bonchev–Trinajstić information content (AvgIpc) is 2.88. The van der Waals surface area contributed by atoms with Crippen LogP contribution in [0.25, 0.3) is 0 Å². The van der Waals surface area contributed by atoms with Crippen molar-refractivity contribution in [3.8, 4) is 0 Å². The Hall–Kier alpha value is -0.580. The fourth-order valence-electron chi connectivity index (χ4n) is 2.04. The van der Waals surface area contributed by atoms with E-state index in [-0.39, 0.29) is 6.04 Å². The summed E-state index contributed by atoms with van der Waals surface area (Å²) >= 11 is 7.15. The molecule has 2 aromatic rings. The van der Waals surface area contributed by atoms with Gasteiger partial charge in [-0.1, -0.05) is 45.7 Å². The van der Waals surface area contributed by atoms with E-state index >= 15 is 0 Å². The number of aryl methyl sites for hydroxylation is 1. The molecule has 1 aromatic heterocycles. The van der Waals surface area contributed by atoms with E-state index in [0.717, 1.165) is 33.4 Å². The van der Waals surface area contributed by atoms with Crippen LogP contribution in [0.3, 0.4) is 0 Å². The molecule has 2 nitrogen and oxygen atoms in total. The summed E-state index contributed by atoms with van der Waals surface area (Å²) in [6, 6.07) is 10.4. The predicted molar refractivity (Wildman–Crippen MR) is 85.4 cm³/mol. The molecule has 0 bridgehead atoms. The van der Waals surface area contributed by atoms with E-state index in [9.17, 15) is 0 Å². The third kappa shape index (κ3) is 3.50. The number of hydrogen-bond donors (Lipinski definition) is 1. The number of hydrogen-bond acceptors (Lipinski definition) is 2. The fourth-order valence-corrected chi connectivity index (χ4v) is 2.90. The summed E-state index contributed by atoms with van der Waals surface area (Å²) in [7, 11) is 0. The summed E-state index contributed by atoms with van der Waals surface area (Å²) in [5.41, 5.74) is 1.17. The van der Waals surface area contributed by atoms with Gasteiger partial charge in [0.05, 0.1) is 6.04 Å². The van der Waals surface area contributed by atoms with Gasteiger partial charge in [-0.3, -0.25) is 0 Å². The number of halogens is 2. The summed E-state index contributed by atoms with van der Waals surface area (Å²) in [6.07, 6.45) is 0.915. The summed E-state index contributed by atoms with van der Waals surface area (Å²) in [6.45, 7) is 5.08. The van der Waals surface area contributed by atoms with E-state index < -0.39 is 0 Å². The maximum absolute atomic E-state index is 5.90. The standard InChI is InChI=1S/C15H17Br2NO/c1-3-11-6-8-14(19-11)15(18-4-2)12-9-10(16)5-7-13(12)17/h5-9,15,18H,3-4H2,1-2H3. The first-order valence-electron chi connectivity index (χ1n) is 6.42. The molecule has 0 aliphatic heterocycles. The second kappa shape index (κ2) is 6.73. The van der Waals surface area contributed by atoms with Crippen molar-refractivity contribution in [2.75, 3.05) is 6.54 Å². The lowest BCUT2D eigenvalue weighted by molar-refractivity contribution is 0.425. The maximum atomic E-state index is 5.90. The van der Waals surface area contributed by atoms with E-state index in [1.165, 1.54) is 5.56 Å². The lowest BCUT2D eigenvalue weighted by Crippen LogP contribution is -2.22. The molecule has 0 aliphatic rings. The Kier molecular flexibility index (Phi) is 5.25. The van der Waals surface area contributed by atoms with Crippen LogP contribution in [0.4, 0.5) is 0 Å². The molecule has 1 N–H and O–H groups in total. The molecule has 4 heteroatoms. The van der Waals surface area contributed by atoms with E-state index in [2.05, 4.69) is 63.2 Å². The van der Waals surface area contributed by atoms with Gasteiger partial charge < -0.3 is 9.73 Å². The first kappa shape index (κ1) is 14.8. The molecule has 0 aliphatic carbocycles. The van der Waals surface area contributed by atoms with Crippen molar-refractivity contribution in [2.45, 2.75) is 26.3 Å². The van der Waals surface area contributed by atoms with Gasteiger partial charge in [0.1, 0.15) is 11.5 Å². The molecule has 1 atom stereocenters. The Labute approximate surface area is 130 Å². The third-order valence-electron chi connectivity index (χ3n) is 2.99. The SMILES string of the molecule is CCNC(c1ccc(CC)o1)c1cc(Br)ccc1Br. The monoisotopic (exact) mass is 385 g/mol. The number of benzene rings is 1. The van der Waals surface area contributed by atoms with Gasteiger partial charge in [0.2, 0.25) is 0 Å². The molecule has 1 unspecified atom stereocenters. The van der Waals surface area contributed by atoms with E-state index in [0.29, 0.717) is 0 Å². The first-order chi connectivity index (χ1) is 9.15. The topological polar surface area (TPSA) is 25.2 Å². The Balaban J connectivity index is 2.41. The molecule has 0 radical (unpaired) electrons. The molecular formula is C15H17Br2NO. The van der Waals surface area contributed by atoms with Gasteiger partial charge in [0, 0.05) is 15.4 Å². The second-order valence-corrected chi connectivity index (χ2v) is 6.08. The van der Waals surface area contributed by atoms with Crippen LogP contribution in [-0.2, 0) is 6.42 Å². The minimum absolute atomic E-state index is 0.0668. The van der Waals surface area contributed by atoms with E-state index in [4.69, 9.17) is 4.42 Å². The highest BCUT2D eigenvalue weighted by atomic mass is 79.9. The highest BCUT2D eigenvalue weighted by Crippen LogP contribution is 2.32. The summed E-state index contributed by atoms with van der Waals surface area (Å²) in [5.74, 6) is 1.97. The third-order valence-corrected chi connectivity index (χ3v) is 4.21.